The van der Waals surface area contributed by atoms with Crippen LogP contribution in [-0.4, -0.2) is 4.98 Å². The minimum Gasteiger partial charge on any atom is -0.244 e. The van der Waals surface area contributed by atoms with E-state index in [2.05, 4.69) is 4.98 Å². The van der Waals surface area contributed by atoms with Crippen molar-refractivity contribution in [2.75, 3.05) is 0 Å². The van der Waals surface area contributed by atoms with Gasteiger partial charge < -0.3 is 0 Å². The van der Waals surface area contributed by atoms with Gasteiger partial charge in [-0.3, -0.25) is 0 Å². The molecular weight excluding hydrogens is 226 g/mol. The quantitative estimate of drug-likeness (QED) is 0.559. The molecule has 72 valence electrons. The van der Waals surface area contributed by atoms with E-state index in [1.807, 2.05) is 0 Å². The van der Waals surface area contributed by atoms with E-state index in [0.717, 1.165) is 6.20 Å². The van der Waals surface area contributed by atoms with Crippen molar-refractivity contribution in [3.05, 3.63) is 28.3 Å². The van der Waals surface area contributed by atoms with E-state index in [9.17, 15) is 13.2 Å². The first-order valence-corrected chi connectivity index (χ1v) is 4.16. The largest absolute Gasteiger partial charge is 0.269 e. The molecule has 1 aromatic rings. The van der Waals surface area contributed by atoms with E-state index in [1.165, 1.54) is 0 Å². The highest BCUT2D eigenvalue weighted by molar-refractivity contribution is 6.30. The zero-order valence-electron chi connectivity index (χ0n) is 6.20. The molecule has 1 rings (SSSR count). The fourth-order valence-electron chi connectivity index (χ4n) is 0.803. The Morgan fingerprint density at radius 1 is 1.46 bits per heavy atom. The topological polar surface area (TPSA) is 12.9 Å². The second-order valence-corrected chi connectivity index (χ2v) is 2.86. The highest BCUT2D eigenvalue weighted by Gasteiger charge is 2.21. The Bertz CT molecular complexity index is 317. The summed E-state index contributed by atoms with van der Waals surface area (Å²) in [6, 6.07) is 0. The molecule has 1 aromatic heterocycles. The van der Waals surface area contributed by atoms with Crippen molar-refractivity contribution in [2.24, 2.45) is 0 Å². The summed E-state index contributed by atoms with van der Waals surface area (Å²) >= 11 is 10.6. The third kappa shape index (κ3) is 2.06. The molecular formula is C7H4Cl2F3N. The smallest absolute Gasteiger partial charge is 0.244 e. The van der Waals surface area contributed by atoms with E-state index < -0.39 is 23.0 Å². The van der Waals surface area contributed by atoms with Crippen LogP contribution in [0, 0.1) is 5.82 Å². The normalized spacial score (nSPS) is 10.9. The van der Waals surface area contributed by atoms with Crippen LogP contribution >= 0.6 is 23.2 Å². The molecule has 0 N–H and O–H groups in total. The van der Waals surface area contributed by atoms with E-state index in [4.69, 9.17) is 23.2 Å². The number of nitrogens with zero attached hydrogens (tertiary/aromatic N) is 1. The number of halogens is 5. The van der Waals surface area contributed by atoms with E-state index >= 15 is 0 Å². The van der Waals surface area contributed by atoms with Crippen molar-refractivity contribution < 1.29 is 13.2 Å². The van der Waals surface area contributed by atoms with Gasteiger partial charge in [0.1, 0.15) is 11.0 Å². The van der Waals surface area contributed by atoms with Crippen LogP contribution in [0.25, 0.3) is 0 Å². The van der Waals surface area contributed by atoms with E-state index in [-0.39, 0.29) is 11.4 Å². The van der Waals surface area contributed by atoms with Gasteiger partial charge in [-0.2, -0.15) is 0 Å². The van der Waals surface area contributed by atoms with Crippen molar-refractivity contribution in [1.82, 2.24) is 4.98 Å². The second-order valence-electron chi connectivity index (χ2n) is 2.24. The Balaban J connectivity index is 3.30. The molecule has 0 amide bonds. The van der Waals surface area contributed by atoms with Crippen LogP contribution in [0.2, 0.25) is 5.15 Å². The summed E-state index contributed by atoms with van der Waals surface area (Å²) in [6.07, 6.45) is -1.94. The standard InChI is InChI=1S/C7H4Cl2F3N/c8-1-3-2-13-6(9)4(5(3)10)7(11)12/h2,7H,1H2. The van der Waals surface area contributed by atoms with Crippen LogP contribution in [0.4, 0.5) is 13.2 Å². The molecule has 0 saturated carbocycles. The first kappa shape index (κ1) is 10.6. The van der Waals surface area contributed by atoms with Crippen molar-refractivity contribution in [1.29, 1.82) is 0 Å². The van der Waals surface area contributed by atoms with Crippen molar-refractivity contribution in [3.8, 4) is 0 Å². The maximum Gasteiger partial charge on any atom is 0.269 e. The molecule has 0 radical (unpaired) electrons. The minimum atomic E-state index is -2.98. The Morgan fingerprint density at radius 2 is 2.08 bits per heavy atom. The average Bonchev–Trinajstić information content (AvgIpc) is 2.04. The number of hydrogen-bond donors (Lipinski definition) is 0. The van der Waals surface area contributed by atoms with E-state index in [1.54, 1.807) is 0 Å². The van der Waals surface area contributed by atoms with Gasteiger partial charge in [-0.1, -0.05) is 11.6 Å². The average molecular weight is 230 g/mol. The first-order chi connectivity index (χ1) is 6.07. The molecule has 1 heterocycles. The van der Waals surface area contributed by atoms with Crippen molar-refractivity contribution in [2.45, 2.75) is 12.3 Å². The molecule has 0 aliphatic carbocycles. The Hall–Kier alpha value is -0.480. The molecule has 0 spiro atoms. The van der Waals surface area contributed by atoms with Crippen LogP contribution in [0.15, 0.2) is 6.20 Å². The summed E-state index contributed by atoms with van der Waals surface area (Å²) in [7, 11) is 0. The summed E-state index contributed by atoms with van der Waals surface area (Å²) < 4.78 is 37.5. The maximum atomic E-state index is 13.1. The third-order valence-electron chi connectivity index (χ3n) is 1.44. The first-order valence-electron chi connectivity index (χ1n) is 3.24. The molecule has 0 bridgehead atoms. The number of hydrogen-bond acceptors (Lipinski definition) is 1. The van der Waals surface area contributed by atoms with Crippen LogP contribution in [0.1, 0.15) is 17.6 Å². The Kier molecular flexibility index (Phi) is 3.39. The Morgan fingerprint density at radius 3 is 2.54 bits per heavy atom. The lowest BCUT2D eigenvalue weighted by molar-refractivity contribution is 0.145. The molecule has 0 aromatic carbocycles. The predicted molar refractivity (Wildman–Crippen MR) is 43.7 cm³/mol. The summed E-state index contributed by atoms with van der Waals surface area (Å²) in [5, 5.41) is -0.527. The molecule has 0 aliphatic rings. The molecule has 6 heteroatoms. The zero-order valence-corrected chi connectivity index (χ0v) is 7.71. The lowest BCUT2D eigenvalue weighted by Gasteiger charge is -2.06. The molecule has 0 atom stereocenters. The van der Waals surface area contributed by atoms with Crippen LogP contribution in [-0.2, 0) is 5.88 Å². The number of alkyl halides is 3. The zero-order chi connectivity index (χ0) is 10.0. The highest BCUT2D eigenvalue weighted by Crippen LogP contribution is 2.29. The number of rotatable bonds is 2. The van der Waals surface area contributed by atoms with Crippen LogP contribution < -0.4 is 0 Å². The van der Waals surface area contributed by atoms with E-state index in [0.29, 0.717) is 0 Å². The van der Waals surface area contributed by atoms with Gasteiger partial charge in [0.05, 0.1) is 11.4 Å². The minimum absolute atomic E-state index is 0.0821. The summed E-state index contributed by atoms with van der Waals surface area (Å²) in [5.41, 5.74) is -0.971. The fourth-order valence-corrected chi connectivity index (χ4v) is 1.20. The molecule has 1 nitrogen and oxygen atoms in total. The molecule has 0 saturated heterocycles. The van der Waals surface area contributed by atoms with Crippen molar-refractivity contribution in [3.63, 3.8) is 0 Å². The van der Waals surface area contributed by atoms with Gasteiger partial charge in [0, 0.05) is 11.8 Å². The monoisotopic (exact) mass is 229 g/mol. The molecule has 0 aliphatic heterocycles. The number of pyridine rings is 1. The summed E-state index contributed by atoms with van der Waals surface area (Å²) in [4.78, 5) is 3.39. The summed E-state index contributed by atoms with van der Waals surface area (Å²) in [5.74, 6) is -1.29. The van der Waals surface area contributed by atoms with Gasteiger partial charge in [-0.25, -0.2) is 18.2 Å². The lowest BCUT2D eigenvalue weighted by Crippen LogP contribution is -1.99. The lowest BCUT2D eigenvalue weighted by atomic mass is 10.2. The highest BCUT2D eigenvalue weighted by atomic mass is 35.5. The van der Waals surface area contributed by atoms with Gasteiger partial charge in [-0.15, -0.1) is 11.6 Å². The van der Waals surface area contributed by atoms with Gasteiger partial charge in [0.2, 0.25) is 0 Å². The van der Waals surface area contributed by atoms with Crippen LogP contribution in [0.3, 0.4) is 0 Å². The van der Waals surface area contributed by atoms with Gasteiger partial charge in [-0.05, 0) is 0 Å². The third-order valence-corrected chi connectivity index (χ3v) is 2.03. The SMILES string of the molecule is Fc1c(CCl)cnc(Cl)c1C(F)F. The van der Waals surface area contributed by atoms with Crippen molar-refractivity contribution >= 4 is 23.2 Å². The predicted octanol–water partition coefficient (Wildman–Crippen LogP) is 3.55. The maximum absolute atomic E-state index is 13.1. The number of aromatic nitrogens is 1. The van der Waals surface area contributed by atoms with Gasteiger partial charge in [0.15, 0.2) is 0 Å². The second kappa shape index (κ2) is 4.15. The Labute approximate surface area is 82.5 Å². The molecule has 13 heavy (non-hydrogen) atoms. The van der Waals surface area contributed by atoms with Gasteiger partial charge in [0.25, 0.3) is 6.43 Å². The summed E-state index contributed by atoms with van der Waals surface area (Å²) in [6.45, 7) is 0. The molecule has 0 fully saturated rings. The molecule has 0 unspecified atom stereocenters. The van der Waals surface area contributed by atoms with Crippen LogP contribution in [0.5, 0.6) is 0 Å². The van der Waals surface area contributed by atoms with Gasteiger partial charge >= 0.3 is 0 Å². The fraction of sp³-hybridized carbons (Fsp3) is 0.286.